The van der Waals surface area contributed by atoms with E-state index in [1.165, 1.54) is 10.7 Å². The van der Waals surface area contributed by atoms with Gasteiger partial charge in [-0.05, 0) is 24.3 Å². The SMILES string of the molecule is O=C(O)c1nc(-c2ccco2)c2ccccn12. The second-order valence-electron chi connectivity index (χ2n) is 3.52. The van der Waals surface area contributed by atoms with Crippen molar-refractivity contribution in [1.29, 1.82) is 0 Å². The third kappa shape index (κ3) is 1.40. The number of hydrogen-bond acceptors (Lipinski definition) is 3. The van der Waals surface area contributed by atoms with E-state index in [0.717, 1.165) is 0 Å². The zero-order valence-corrected chi connectivity index (χ0v) is 8.70. The number of pyridine rings is 1. The first-order valence-corrected chi connectivity index (χ1v) is 5.01. The van der Waals surface area contributed by atoms with Crippen LogP contribution in [-0.2, 0) is 0 Å². The van der Waals surface area contributed by atoms with Gasteiger partial charge in [0.05, 0.1) is 11.8 Å². The fourth-order valence-electron chi connectivity index (χ4n) is 1.78. The number of aromatic carboxylic acids is 1. The van der Waals surface area contributed by atoms with Crippen LogP contribution in [-0.4, -0.2) is 20.5 Å². The van der Waals surface area contributed by atoms with Crippen LogP contribution in [0.1, 0.15) is 10.6 Å². The van der Waals surface area contributed by atoms with Crippen LogP contribution in [0.2, 0.25) is 0 Å². The number of fused-ring (bicyclic) bond motifs is 1. The van der Waals surface area contributed by atoms with Gasteiger partial charge in [-0.3, -0.25) is 4.40 Å². The fraction of sp³-hybridized carbons (Fsp3) is 0. The summed E-state index contributed by atoms with van der Waals surface area (Å²) in [5.74, 6) is -0.530. The van der Waals surface area contributed by atoms with Gasteiger partial charge in [0.1, 0.15) is 5.69 Å². The van der Waals surface area contributed by atoms with E-state index >= 15 is 0 Å². The Bertz CT molecular complexity index is 683. The zero-order valence-electron chi connectivity index (χ0n) is 8.70. The number of rotatable bonds is 2. The predicted molar refractivity (Wildman–Crippen MR) is 59.9 cm³/mol. The van der Waals surface area contributed by atoms with E-state index in [-0.39, 0.29) is 5.82 Å². The zero-order chi connectivity index (χ0) is 11.8. The quantitative estimate of drug-likeness (QED) is 0.730. The molecule has 0 saturated heterocycles. The maximum absolute atomic E-state index is 11.1. The topological polar surface area (TPSA) is 67.7 Å². The van der Waals surface area contributed by atoms with E-state index < -0.39 is 5.97 Å². The molecule has 0 saturated carbocycles. The summed E-state index contributed by atoms with van der Waals surface area (Å²) in [6, 6.07) is 8.88. The van der Waals surface area contributed by atoms with Gasteiger partial charge in [-0.25, -0.2) is 9.78 Å². The lowest BCUT2D eigenvalue weighted by atomic mass is 10.3. The van der Waals surface area contributed by atoms with Crippen LogP contribution in [0.4, 0.5) is 0 Å². The van der Waals surface area contributed by atoms with Crippen molar-refractivity contribution >= 4 is 11.5 Å². The lowest BCUT2D eigenvalue weighted by Crippen LogP contribution is -2.02. The third-order valence-corrected chi connectivity index (χ3v) is 2.49. The summed E-state index contributed by atoms with van der Waals surface area (Å²) in [4.78, 5) is 15.2. The normalized spacial score (nSPS) is 10.8. The molecule has 0 bridgehead atoms. The smallest absolute Gasteiger partial charge is 0.372 e. The minimum atomic E-state index is -1.07. The minimum Gasteiger partial charge on any atom is -0.475 e. The number of imidazole rings is 1. The molecule has 3 rings (SSSR count). The Labute approximate surface area is 95.9 Å². The fourth-order valence-corrected chi connectivity index (χ4v) is 1.78. The highest BCUT2D eigenvalue weighted by Gasteiger charge is 2.18. The molecule has 17 heavy (non-hydrogen) atoms. The van der Waals surface area contributed by atoms with Gasteiger partial charge in [0, 0.05) is 6.20 Å². The van der Waals surface area contributed by atoms with Crippen molar-refractivity contribution in [2.75, 3.05) is 0 Å². The third-order valence-electron chi connectivity index (χ3n) is 2.49. The molecule has 5 nitrogen and oxygen atoms in total. The standard InChI is InChI=1S/C12H8N2O3/c15-12(16)11-13-10(9-5-3-7-17-9)8-4-1-2-6-14(8)11/h1-7H,(H,15,16). The number of hydrogen-bond donors (Lipinski definition) is 1. The highest BCUT2D eigenvalue weighted by molar-refractivity contribution is 5.88. The van der Waals surface area contributed by atoms with Crippen molar-refractivity contribution in [3.63, 3.8) is 0 Å². The van der Waals surface area contributed by atoms with E-state index in [2.05, 4.69) is 4.98 Å². The second kappa shape index (κ2) is 3.48. The van der Waals surface area contributed by atoms with Gasteiger partial charge in [0.2, 0.25) is 5.82 Å². The Balaban J connectivity index is 2.37. The molecule has 0 fully saturated rings. The van der Waals surface area contributed by atoms with E-state index in [9.17, 15) is 4.79 Å². The molecule has 1 N–H and O–H groups in total. The number of carbonyl (C=O) groups is 1. The van der Waals surface area contributed by atoms with Gasteiger partial charge in [-0.1, -0.05) is 6.07 Å². The highest BCUT2D eigenvalue weighted by Crippen LogP contribution is 2.25. The lowest BCUT2D eigenvalue weighted by molar-refractivity contribution is 0.0683. The van der Waals surface area contributed by atoms with Crippen molar-refractivity contribution in [2.45, 2.75) is 0 Å². The Morgan fingerprint density at radius 3 is 2.88 bits per heavy atom. The molecule has 84 valence electrons. The molecule has 0 unspecified atom stereocenters. The molecular weight excluding hydrogens is 220 g/mol. The molecule has 0 amide bonds. The molecule has 3 aromatic heterocycles. The van der Waals surface area contributed by atoms with Crippen molar-refractivity contribution in [3.8, 4) is 11.5 Å². The Morgan fingerprint density at radius 2 is 2.18 bits per heavy atom. The Hall–Kier alpha value is -2.56. The van der Waals surface area contributed by atoms with Crippen LogP contribution in [0.15, 0.2) is 47.2 Å². The number of carboxylic acid groups (broad SMARTS) is 1. The molecular formula is C12H8N2O3. The molecule has 3 aromatic rings. The van der Waals surface area contributed by atoms with Crippen LogP contribution in [0.25, 0.3) is 17.0 Å². The van der Waals surface area contributed by atoms with Crippen LogP contribution < -0.4 is 0 Å². The van der Waals surface area contributed by atoms with E-state index in [1.807, 2.05) is 6.07 Å². The maximum atomic E-state index is 11.1. The summed E-state index contributed by atoms with van der Waals surface area (Å²) >= 11 is 0. The van der Waals surface area contributed by atoms with Gasteiger partial charge >= 0.3 is 5.97 Å². The largest absolute Gasteiger partial charge is 0.475 e. The summed E-state index contributed by atoms with van der Waals surface area (Å²) in [5, 5.41) is 9.08. The lowest BCUT2D eigenvalue weighted by Gasteiger charge is -1.95. The van der Waals surface area contributed by atoms with Crippen LogP contribution in [0.3, 0.4) is 0 Å². The highest BCUT2D eigenvalue weighted by atomic mass is 16.4. The van der Waals surface area contributed by atoms with E-state index in [1.54, 1.807) is 30.5 Å². The first-order valence-electron chi connectivity index (χ1n) is 5.01. The van der Waals surface area contributed by atoms with Crippen molar-refractivity contribution in [1.82, 2.24) is 9.38 Å². The van der Waals surface area contributed by atoms with Crippen LogP contribution >= 0.6 is 0 Å². The minimum absolute atomic E-state index is 0.0213. The summed E-state index contributed by atoms with van der Waals surface area (Å²) in [6.45, 7) is 0. The van der Waals surface area contributed by atoms with Gasteiger partial charge in [0.25, 0.3) is 0 Å². The monoisotopic (exact) mass is 228 g/mol. The summed E-state index contributed by atoms with van der Waals surface area (Å²) in [7, 11) is 0. The van der Waals surface area contributed by atoms with Gasteiger partial charge in [-0.2, -0.15) is 0 Å². The summed E-state index contributed by atoms with van der Waals surface area (Å²) < 4.78 is 6.78. The molecule has 0 radical (unpaired) electrons. The number of carboxylic acids is 1. The molecule has 0 aliphatic carbocycles. The first-order chi connectivity index (χ1) is 8.27. The van der Waals surface area contributed by atoms with Crippen LogP contribution in [0.5, 0.6) is 0 Å². The summed E-state index contributed by atoms with van der Waals surface area (Å²) in [5.41, 5.74) is 1.24. The van der Waals surface area contributed by atoms with Gasteiger partial charge in [-0.15, -0.1) is 0 Å². The molecule has 5 heteroatoms. The molecule has 0 spiro atoms. The van der Waals surface area contributed by atoms with Crippen molar-refractivity contribution in [2.24, 2.45) is 0 Å². The summed E-state index contributed by atoms with van der Waals surface area (Å²) in [6.07, 6.45) is 3.20. The molecule has 0 aromatic carbocycles. The molecule has 0 atom stereocenters. The number of nitrogens with zero attached hydrogens (tertiary/aromatic N) is 2. The number of furan rings is 1. The van der Waals surface area contributed by atoms with Crippen molar-refractivity contribution in [3.05, 3.63) is 48.6 Å². The first kappa shape index (κ1) is 9.65. The number of aromatic nitrogens is 2. The predicted octanol–water partition coefficient (Wildman–Crippen LogP) is 2.29. The Morgan fingerprint density at radius 1 is 1.29 bits per heavy atom. The Kier molecular flexibility index (Phi) is 1.98. The molecule has 3 heterocycles. The van der Waals surface area contributed by atoms with E-state index in [4.69, 9.17) is 9.52 Å². The van der Waals surface area contributed by atoms with E-state index in [0.29, 0.717) is 17.0 Å². The van der Waals surface area contributed by atoms with Crippen LogP contribution in [0, 0.1) is 0 Å². The van der Waals surface area contributed by atoms with Crippen molar-refractivity contribution < 1.29 is 14.3 Å². The second-order valence-corrected chi connectivity index (χ2v) is 3.52. The molecule has 0 aliphatic rings. The van der Waals surface area contributed by atoms with Gasteiger partial charge < -0.3 is 9.52 Å². The molecule has 0 aliphatic heterocycles. The average Bonchev–Trinajstić information content (AvgIpc) is 2.95. The average molecular weight is 228 g/mol. The maximum Gasteiger partial charge on any atom is 0.372 e. The van der Waals surface area contributed by atoms with Gasteiger partial charge in [0.15, 0.2) is 5.76 Å².